The first-order valence-electron chi connectivity index (χ1n) is 3.80. The van der Waals surface area contributed by atoms with Crippen LogP contribution < -0.4 is 5.32 Å². The summed E-state index contributed by atoms with van der Waals surface area (Å²) in [6.07, 6.45) is 0. The average Bonchev–Trinajstić information content (AvgIpc) is 2.32. The molecular weight excluding hydrogens is 141 g/mol. The number of hydrogen-bond acceptors (Lipinski definition) is 1. The van der Waals surface area contributed by atoms with Gasteiger partial charge in [-0.05, 0) is 17.7 Å². The second kappa shape index (κ2) is 2.22. The molecule has 1 atom stereocenters. The van der Waals surface area contributed by atoms with Gasteiger partial charge < -0.3 is 5.32 Å². The predicted molar refractivity (Wildman–Crippen MR) is 43.3 cm³/mol. The van der Waals surface area contributed by atoms with Crippen molar-refractivity contribution in [1.82, 2.24) is 0 Å². The topological polar surface area (TPSA) is 12.0 Å². The van der Waals surface area contributed by atoms with Gasteiger partial charge >= 0.3 is 0 Å². The standard InChI is InChI=1S/C9H10FN/c1-6-5-11-9-4-7(10)2-3-8(6)9/h2-4,6,11H,5H2,1H3/t6-/m0/s1. The van der Waals surface area contributed by atoms with Crippen LogP contribution in [-0.4, -0.2) is 6.54 Å². The summed E-state index contributed by atoms with van der Waals surface area (Å²) in [7, 11) is 0. The third-order valence-corrected chi connectivity index (χ3v) is 2.14. The molecule has 1 nitrogen and oxygen atoms in total. The summed E-state index contributed by atoms with van der Waals surface area (Å²) in [5.74, 6) is 0.357. The van der Waals surface area contributed by atoms with Crippen LogP contribution >= 0.6 is 0 Å². The molecular formula is C9H10FN. The molecule has 0 saturated carbocycles. The zero-order valence-electron chi connectivity index (χ0n) is 6.39. The van der Waals surface area contributed by atoms with Gasteiger partial charge in [-0.2, -0.15) is 0 Å². The fourth-order valence-electron chi connectivity index (χ4n) is 1.48. The molecule has 0 spiro atoms. The van der Waals surface area contributed by atoms with Gasteiger partial charge in [0.15, 0.2) is 0 Å². The summed E-state index contributed by atoms with van der Waals surface area (Å²) < 4.78 is 12.6. The third kappa shape index (κ3) is 0.985. The van der Waals surface area contributed by atoms with Crippen molar-refractivity contribution in [1.29, 1.82) is 0 Å². The normalized spacial score (nSPS) is 21.1. The molecule has 58 valence electrons. The molecule has 0 unspecified atom stereocenters. The van der Waals surface area contributed by atoms with E-state index in [0.717, 1.165) is 12.2 Å². The van der Waals surface area contributed by atoms with Crippen LogP contribution in [0, 0.1) is 5.82 Å². The largest absolute Gasteiger partial charge is 0.384 e. The summed E-state index contributed by atoms with van der Waals surface area (Å²) >= 11 is 0. The molecule has 0 aromatic heterocycles. The molecule has 1 aliphatic heterocycles. The Morgan fingerprint density at radius 1 is 1.55 bits per heavy atom. The minimum Gasteiger partial charge on any atom is -0.384 e. The fourth-order valence-corrected chi connectivity index (χ4v) is 1.48. The minimum absolute atomic E-state index is 0.162. The molecule has 0 amide bonds. The van der Waals surface area contributed by atoms with Crippen molar-refractivity contribution in [2.75, 3.05) is 11.9 Å². The van der Waals surface area contributed by atoms with E-state index in [0.29, 0.717) is 5.92 Å². The lowest BCUT2D eigenvalue weighted by Crippen LogP contribution is -1.95. The van der Waals surface area contributed by atoms with Crippen LogP contribution in [0.3, 0.4) is 0 Å². The highest BCUT2D eigenvalue weighted by Gasteiger charge is 2.17. The smallest absolute Gasteiger partial charge is 0.125 e. The summed E-state index contributed by atoms with van der Waals surface area (Å²) in [6, 6.07) is 4.93. The number of nitrogens with one attached hydrogen (secondary N) is 1. The van der Waals surface area contributed by atoms with Crippen molar-refractivity contribution >= 4 is 5.69 Å². The lowest BCUT2D eigenvalue weighted by Gasteiger charge is -2.00. The molecule has 1 N–H and O–H groups in total. The van der Waals surface area contributed by atoms with Crippen molar-refractivity contribution < 1.29 is 4.39 Å². The highest BCUT2D eigenvalue weighted by Crippen LogP contribution is 2.30. The molecule has 0 bridgehead atoms. The van der Waals surface area contributed by atoms with E-state index < -0.39 is 0 Å². The maximum atomic E-state index is 12.6. The fraction of sp³-hybridized carbons (Fsp3) is 0.333. The highest BCUT2D eigenvalue weighted by molar-refractivity contribution is 5.57. The average molecular weight is 151 g/mol. The highest BCUT2D eigenvalue weighted by atomic mass is 19.1. The van der Waals surface area contributed by atoms with E-state index in [4.69, 9.17) is 0 Å². The first-order chi connectivity index (χ1) is 5.27. The Morgan fingerprint density at radius 2 is 2.36 bits per heavy atom. The van der Waals surface area contributed by atoms with Crippen molar-refractivity contribution in [3.05, 3.63) is 29.6 Å². The molecule has 0 radical (unpaired) electrons. The first-order valence-corrected chi connectivity index (χ1v) is 3.80. The van der Waals surface area contributed by atoms with E-state index in [2.05, 4.69) is 12.2 Å². The van der Waals surface area contributed by atoms with Gasteiger partial charge in [0.25, 0.3) is 0 Å². The Labute approximate surface area is 65.2 Å². The Balaban J connectivity index is 2.50. The molecule has 2 heteroatoms. The number of benzene rings is 1. The summed E-state index contributed by atoms with van der Waals surface area (Å²) in [5.41, 5.74) is 2.18. The van der Waals surface area contributed by atoms with Crippen LogP contribution in [0.4, 0.5) is 10.1 Å². The summed E-state index contributed by atoms with van der Waals surface area (Å²) in [6.45, 7) is 3.07. The molecule has 11 heavy (non-hydrogen) atoms. The number of anilines is 1. The van der Waals surface area contributed by atoms with Gasteiger partial charge in [-0.1, -0.05) is 13.0 Å². The van der Waals surface area contributed by atoms with Gasteiger partial charge in [-0.25, -0.2) is 4.39 Å². The van der Waals surface area contributed by atoms with Gasteiger partial charge in [0.1, 0.15) is 5.82 Å². The van der Waals surface area contributed by atoms with E-state index in [1.165, 1.54) is 11.6 Å². The Kier molecular flexibility index (Phi) is 1.34. The van der Waals surface area contributed by atoms with Crippen LogP contribution in [0.15, 0.2) is 18.2 Å². The van der Waals surface area contributed by atoms with Gasteiger partial charge in [-0.15, -0.1) is 0 Å². The molecule has 1 aromatic carbocycles. The van der Waals surface area contributed by atoms with Crippen LogP contribution in [-0.2, 0) is 0 Å². The first kappa shape index (κ1) is 6.65. The molecule has 1 heterocycles. The maximum Gasteiger partial charge on any atom is 0.125 e. The quantitative estimate of drug-likeness (QED) is 0.600. The van der Waals surface area contributed by atoms with E-state index in [1.807, 2.05) is 6.07 Å². The summed E-state index contributed by atoms with van der Waals surface area (Å²) in [5, 5.41) is 3.15. The van der Waals surface area contributed by atoms with Crippen LogP contribution in [0.1, 0.15) is 18.4 Å². The third-order valence-electron chi connectivity index (χ3n) is 2.14. The van der Waals surface area contributed by atoms with Crippen LogP contribution in [0.25, 0.3) is 0 Å². The zero-order valence-corrected chi connectivity index (χ0v) is 6.39. The van der Waals surface area contributed by atoms with Crippen molar-refractivity contribution in [2.24, 2.45) is 0 Å². The Hall–Kier alpha value is -1.05. The second-order valence-electron chi connectivity index (χ2n) is 3.01. The molecule has 0 aliphatic carbocycles. The van der Waals surface area contributed by atoms with E-state index in [9.17, 15) is 4.39 Å². The van der Waals surface area contributed by atoms with Crippen molar-refractivity contribution in [3.8, 4) is 0 Å². The van der Waals surface area contributed by atoms with E-state index in [-0.39, 0.29) is 5.82 Å². The van der Waals surface area contributed by atoms with Gasteiger partial charge in [0.2, 0.25) is 0 Å². The number of rotatable bonds is 0. The van der Waals surface area contributed by atoms with E-state index >= 15 is 0 Å². The lowest BCUT2D eigenvalue weighted by atomic mass is 10.0. The monoisotopic (exact) mass is 151 g/mol. The van der Waals surface area contributed by atoms with Crippen LogP contribution in [0.2, 0.25) is 0 Å². The zero-order chi connectivity index (χ0) is 7.84. The SMILES string of the molecule is C[C@H]1CNc2cc(F)ccc21. The number of halogens is 1. The molecule has 1 aromatic rings. The lowest BCUT2D eigenvalue weighted by molar-refractivity contribution is 0.628. The van der Waals surface area contributed by atoms with Crippen LogP contribution in [0.5, 0.6) is 0 Å². The predicted octanol–water partition coefficient (Wildman–Crippen LogP) is 2.35. The van der Waals surface area contributed by atoms with E-state index in [1.54, 1.807) is 6.07 Å². The molecule has 1 aliphatic rings. The molecule has 0 saturated heterocycles. The summed E-state index contributed by atoms with van der Waals surface area (Å²) in [4.78, 5) is 0. The maximum absolute atomic E-state index is 12.6. The molecule has 0 fully saturated rings. The Morgan fingerprint density at radius 3 is 3.18 bits per heavy atom. The number of hydrogen-bond donors (Lipinski definition) is 1. The van der Waals surface area contributed by atoms with Gasteiger partial charge in [0.05, 0.1) is 0 Å². The molecule has 2 rings (SSSR count). The van der Waals surface area contributed by atoms with Gasteiger partial charge in [0, 0.05) is 18.2 Å². The van der Waals surface area contributed by atoms with Gasteiger partial charge in [-0.3, -0.25) is 0 Å². The second-order valence-corrected chi connectivity index (χ2v) is 3.01. The number of fused-ring (bicyclic) bond motifs is 1. The minimum atomic E-state index is -0.162. The van der Waals surface area contributed by atoms with Crippen molar-refractivity contribution in [3.63, 3.8) is 0 Å². The Bertz CT molecular complexity index is 283. The van der Waals surface area contributed by atoms with Crippen molar-refractivity contribution in [2.45, 2.75) is 12.8 Å².